The number of benzene rings is 1. The predicted octanol–water partition coefficient (Wildman–Crippen LogP) is 4.14. The maximum absolute atomic E-state index is 12.7. The first kappa shape index (κ1) is 17.3. The number of aromatic nitrogens is 1. The van der Waals surface area contributed by atoms with Gasteiger partial charge in [0.15, 0.2) is 10.4 Å². The molecule has 0 bridgehead atoms. The molecule has 0 aliphatic carbocycles. The molecule has 0 atom stereocenters. The van der Waals surface area contributed by atoms with E-state index in [0.717, 1.165) is 5.69 Å². The van der Waals surface area contributed by atoms with Crippen molar-refractivity contribution in [2.24, 2.45) is 0 Å². The Hall–Kier alpha value is -3.13. The molecule has 3 amide bonds. The summed E-state index contributed by atoms with van der Waals surface area (Å²) in [7, 11) is 0. The van der Waals surface area contributed by atoms with Crippen LogP contribution in [0.15, 0.2) is 69.9 Å². The molecule has 0 saturated carbocycles. The first-order chi connectivity index (χ1) is 13.1. The van der Waals surface area contributed by atoms with Crippen molar-refractivity contribution in [1.82, 2.24) is 4.98 Å². The van der Waals surface area contributed by atoms with E-state index in [1.54, 1.807) is 34.1 Å². The number of carbonyl (C=O) groups is 2. The lowest BCUT2D eigenvalue weighted by atomic mass is 10.3. The number of urea groups is 1. The fraction of sp³-hybridized carbons (Fsp3) is 0.105. The molecule has 1 aliphatic rings. The summed E-state index contributed by atoms with van der Waals surface area (Å²) in [5, 5.41) is 2.71. The van der Waals surface area contributed by atoms with Crippen molar-refractivity contribution < 1.29 is 14.0 Å². The van der Waals surface area contributed by atoms with Crippen LogP contribution in [0.1, 0.15) is 10.6 Å². The Balaban J connectivity index is 1.45. The first-order valence-electron chi connectivity index (χ1n) is 8.28. The number of hydrogen-bond donors (Lipinski definition) is 1. The lowest BCUT2D eigenvalue weighted by Crippen LogP contribution is -2.32. The maximum atomic E-state index is 12.7. The highest BCUT2D eigenvalue weighted by atomic mass is 79.9. The van der Waals surface area contributed by atoms with E-state index in [0.29, 0.717) is 29.3 Å². The Morgan fingerprint density at radius 1 is 1.04 bits per heavy atom. The first-order valence-corrected chi connectivity index (χ1v) is 9.08. The number of nitrogens with one attached hydrogen (secondary N) is 1. The number of carbonyl (C=O) groups excluding carboxylic acids is 2. The van der Waals surface area contributed by atoms with Crippen molar-refractivity contribution in [3.05, 3.63) is 71.2 Å². The Morgan fingerprint density at radius 3 is 2.48 bits per heavy atom. The number of nitrogens with zero attached hydrogens (tertiary/aromatic N) is 3. The molecular formula is C19H15BrN4O3. The summed E-state index contributed by atoms with van der Waals surface area (Å²) < 4.78 is 5.70. The van der Waals surface area contributed by atoms with Gasteiger partial charge in [0.2, 0.25) is 0 Å². The Morgan fingerprint density at radius 2 is 1.81 bits per heavy atom. The molecule has 1 N–H and O–H groups in total. The van der Waals surface area contributed by atoms with E-state index in [1.165, 1.54) is 6.20 Å². The summed E-state index contributed by atoms with van der Waals surface area (Å²) in [4.78, 5) is 32.4. The molecule has 3 heterocycles. The molecule has 0 unspecified atom stereocenters. The Labute approximate surface area is 163 Å². The van der Waals surface area contributed by atoms with Crippen molar-refractivity contribution in [2.45, 2.75) is 0 Å². The van der Waals surface area contributed by atoms with Crippen LogP contribution in [-0.2, 0) is 0 Å². The third-order valence-corrected chi connectivity index (χ3v) is 4.58. The maximum Gasteiger partial charge on any atom is 0.330 e. The quantitative estimate of drug-likeness (QED) is 0.679. The van der Waals surface area contributed by atoms with Crippen LogP contribution in [0.4, 0.5) is 22.0 Å². The summed E-state index contributed by atoms with van der Waals surface area (Å²) in [6.07, 6.45) is 1.52. The van der Waals surface area contributed by atoms with Gasteiger partial charge in [-0.1, -0.05) is 18.2 Å². The van der Waals surface area contributed by atoms with Crippen molar-refractivity contribution >= 4 is 45.1 Å². The number of halogens is 1. The highest BCUT2D eigenvalue weighted by Crippen LogP contribution is 2.24. The van der Waals surface area contributed by atoms with Crippen LogP contribution in [0.3, 0.4) is 0 Å². The number of para-hydroxylation sites is 1. The van der Waals surface area contributed by atoms with Gasteiger partial charge in [-0.25, -0.2) is 9.78 Å². The zero-order valence-corrected chi connectivity index (χ0v) is 15.7. The van der Waals surface area contributed by atoms with Crippen molar-refractivity contribution in [3.63, 3.8) is 0 Å². The third-order valence-electron chi connectivity index (χ3n) is 4.16. The second-order valence-corrected chi connectivity index (χ2v) is 6.67. The zero-order chi connectivity index (χ0) is 18.8. The van der Waals surface area contributed by atoms with Gasteiger partial charge in [-0.2, -0.15) is 0 Å². The minimum Gasteiger partial charge on any atom is -0.444 e. The summed E-state index contributed by atoms with van der Waals surface area (Å²) in [6.45, 7) is 1.14. The molecule has 4 rings (SSSR count). The van der Waals surface area contributed by atoms with Crippen molar-refractivity contribution in [3.8, 4) is 0 Å². The highest BCUT2D eigenvalue weighted by Gasteiger charge is 2.31. The van der Waals surface area contributed by atoms with E-state index < -0.39 is 0 Å². The normalized spacial score (nSPS) is 13.9. The average Bonchev–Trinajstić information content (AvgIpc) is 3.29. The van der Waals surface area contributed by atoms with Crippen LogP contribution < -0.4 is 15.1 Å². The van der Waals surface area contributed by atoms with E-state index in [1.807, 2.05) is 30.3 Å². The van der Waals surface area contributed by atoms with E-state index in [2.05, 4.69) is 26.2 Å². The summed E-state index contributed by atoms with van der Waals surface area (Å²) in [5.41, 5.74) is 1.38. The van der Waals surface area contributed by atoms with Crippen LogP contribution in [-0.4, -0.2) is 30.0 Å². The molecule has 7 nitrogen and oxygen atoms in total. The minimum absolute atomic E-state index is 0.120. The molecule has 2 aromatic heterocycles. The average molecular weight is 427 g/mol. The van der Waals surface area contributed by atoms with E-state index in [4.69, 9.17) is 4.42 Å². The SMILES string of the molecule is O=C(Nc1ccc(N2CCN(c3ccccc3)C2=O)nc1)c1ccc(Br)o1. The van der Waals surface area contributed by atoms with Crippen molar-refractivity contribution in [2.75, 3.05) is 28.2 Å². The molecule has 1 fully saturated rings. The molecule has 8 heteroatoms. The van der Waals surface area contributed by atoms with Gasteiger partial charge in [0.05, 0.1) is 11.9 Å². The second-order valence-electron chi connectivity index (χ2n) is 5.88. The lowest BCUT2D eigenvalue weighted by molar-refractivity contribution is 0.0995. The summed E-state index contributed by atoms with van der Waals surface area (Å²) in [5.74, 6) is 0.360. The monoisotopic (exact) mass is 426 g/mol. The van der Waals surface area contributed by atoms with Gasteiger partial charge in [0.1, 0.15) is 5.82 Å². The van der Waals surface area contributed by atoms with Crippen LogP contribution in [0.2, 0.25) is 0 Å². The molecule has 0 radical (unpaired) electrons. The van der Waals surface area contributed by atoms with Crippen LogP contribution in [0.25, 0.3) is 0 Å². The van der Waals surface area contributed by atoms with Gasteiger partial charge in [-0.15, -0.1) is 0 Å². The predicted molar refractivity (Wildman–Crippen MR) is 105 cm³/mol. The molecule has 1 saturated heterocycles. The van der Waals surface area contributed by atoms with Gasteiger partial charge in [0.25, 0.3) is 5.91 Å². The molecule has 1 aromatic carbocycles. The molecule has 1 aliphatic heterocycles. The van der Waals surface area contributed by atoms with Crippen molar-refractivity contribution in [1.29, 1.82) is 0 Å². The largest absolute Gasteiger partial charge is 0.444 e. The van der Waals surface area contributed by atoms with Gasteiger partial charge >= 0.3 is 6.03 Å². The summed E-state index contributed by atoms with van der Waals surface area (Å²) in [6, 6.07) is 16.0. The number of furan rings is 1. The van der Waals surface area contributed by atoms with Gasteiger partial charge in [-0.05, 0) is 52.3 Å². The minimum atomic E-state index is -0.372. The molecule has 27 heavy (non-hydrogen) atoms. The number of anilines is 3. The Bertz CT molecular complexity index is 972. The number of rotatable bonds is 4. The molecule has 3 aromatic rings. The second kappa shape index (κ2) is 7.24. The van der Waals surface area contributed by atoms with E-state index >= 15 is 0 Å². The number of hydrogen-bond acceptors (Lipinski definition) is 4. The van der Waals surface area contributed by atoms with E-state index in [9.17, 15) is 9.59 Å². The van der Waals surface area contributed by atoms with Crippen LogP contribution in [0, 0.1) is 0 Å². The zero-order valence-electron chi connectivity index (χ0n) is 14.1. The van der Waals surface area contributed by atoms with E-state index in [-0.39, 0.29) is 17.7 Å². The number of amides is 3. The standard InChI is InChI=1S/C19H15BrN4O3/c20-16-8-7-15(27-16)18(25)22-13-6-9-17(21-12-13)24-11-10-23(19(24)26)14-4-2-1-3-5-14/h1-9,12H,10-11H2,(H,22,25). The summed E-state index contributed by atoms with van der Waals surface area (Å²) >= 11 is 3.16. The van der Waals surface area contributed by atoms with Gasteiger partial charge < -0.3 is 9.73 Å². The molecule has 136 valence electrons. The van der Waals surface area contributed by atoms with Crippen LogP contribution in [0.5, 0.6) is 0 Å². The fourth-order valence-electron chi connectivity index (χ4n) is 2.85. The topological polar surface area (TPSA) is 78.7 Å². The number of pyridine rings is 1. The molecular weight excluding hydrogens is 412 g/mol. The smallest absolute Gasteiger partial charge is 0.330 e. The lowest BCUT2D eigenvalue weighted by Gasteiger charge is -2.18. The van der Waals surface area contributed by atoms with Gasteiger partial charge in [0, 0.05) is 18.8 Å². The van der Waals surface area contributed by atoms with Crippen LogP contribution >= 0.6 is 15.9 Å². The van der Waals surface area contributed by atoms with Gasteiger partial charge in [-0.3, -0.25) is 14.6 Å². The molecule has 0 spiro atoms. The fourth-order valence-corrected chi connectivity index (χ4v) is 3.15. The third kappa shape index (κ3) is 3.56. The highest BCUT2D eigenvalue weighted by molar-refractivity contribution is 9.10. The Kier molecular flexibility index (Phi) is 4.64.